The van der Waals surface area contributed by atoms with E-state index in [0.717, 1.165) is 40.7 Å². The Balaban J connectivity index is 1.13. The van der Waals surface area contributed by atoms with Gasteiger partial charge < -0.3 is 13.8 Å². The summed E-state index contributed by atoms with van der Waals surface area (Å²) < 4.78 is 10.8. The van der Waals surface area contributed by atoms with Crippen LogP contribution in [0.3, 0.4) is 0 Å². The third-order valence-electron chi connectivity index (χ3n) is 5.55. The topological polar surface area (TPSA) is 88.5 Å². The molecular formula is C23H23N5O3S. The van der Waals surface area contributed by atoms with Crippen molar-refractivity contribution < 1.29 is 13.7 Å². The van der Waals surface area contributed by atoms with Crippen LogP contribution in [-0.2, 0) is 17.8 Å². The Morgan fingerprint density at radius 2 is 1.94 bits per heavy atom. The highest BCUT2D eigenvalue weighted by Crippen LogP contribution is 2.24. The van der Waals surface area contributed by atoms with Crippen molar-refractivity contribution >= 4 is 17.2 Å². The van der Waals surface area contributed by atoms with Crippen LogP contribution in [-0.4, -0.2) is 57.0 Å². The summed E-state index contributed by atoms with van der Waals surface area (Å²) in [6.07, 6.45) is 1.93. The second-order valence-corrected chi connectivity index (χ2v) is 8.64. The summed E-state index contributed by atoms with van der Waals surface area (Å²) in [5.74, 6) is 2.04. The highest BCUT2D eigenvalue weighted by atomic mass is 32.1. The molecule has 0 spiro atoms. The van der Waals surface area contributed by atoms with Crippen LogP contribution in [0.4, 0.5) is 0 Å². The number of carbonyl (C=O) groups excluding carboxylic acids is 1. The summed E-state index contributed by atoms with van der Waals surface area (Å²) in [6.45, 7) is 5.50. The molecule has 1 amide bonds. The third-order valence-corrected chi connectivity index (χ3v) is 6.46. The van der Waals surface area contributed by atoms with Crippen LogP contribution in [0.25, 0.3) is 22.2 Å². The molecule has 0 saturated carbocycles. The van der Waals surface area contributed by atoms with E-state index in [4.69, 9.17) is 8.94 Å². The quantitative estimate of drug-likeness (QED) is 0.444. The summed E-state index contributed by atoms with van der Waals surface area (Å²) >= 11 is 1.49. The fraction of sp³-hybridized carbons (Fsp3) is 0.304. The van der Waals surface area contributed by atoms with Crippen molar-refractivity contribution in [3.05, 3.63) is 65.2 Å². The van der Waals surface area contributed by atoms with E-state index in [2.05, 4.69) is 20.0 Å². The molecule has 4 aromatic rings. The Hall–Kier alpha value is -3.30. The van der Waals surface area contributed by atoms with E-state index in [9.17, 15) is 4.79 Å². The first kappa shape index (κ1) is 20.6. The number of hydrogen-bond acceptors (Lipinski definition) is 8. The van der Waals surface area contributed by atoms with Gasteiger partial charge in [0.15, 0.2) is 10.8 Å². The van der Waals surface area contributed by atoms with Gasteiger partial charge in [-0.3, -0.25) is 9.69 Å². The van der Waals surface area contributed by atoms with Crippen LogP contribution in [0.5, 0.6) is 0 Å². The molecule has 5 rings (SSSR count). The van der Waals surface area contributed by atoms with Gasteiger partial charge in [0.2, 0.25) is 17.6 Å². The molecule has 0 bridgehead atoms. The number of aryl methyl sites for hydroxylation is 1. The van der Waals surface area contributed by atoms with Gasteiger partial charge in [0.1, 0.15) is 0 Å². The first-order valence-electron chi connectivity index (χ1n) is 10.5. The normalized spacial score (nSPS) is 14.7. The lowest BCUT2D eigenvalue weighted by molar-refractivity contribution is -0.132. The van der Waals surface area contributed by atoms with E-state index in [1.807, 2.05) is 53.6 Å². The zero-order chi connectivity index (χ0) is 21.9. The van der Waals surface area contributed by atoms with Crippen molar-refractivity contribution in [2.75, 3.05) is 26.2 Å². The number of thiazole rings is 1. The highest BCUT2D eigenvalue weighted by Gasteiger charge is 2.23. The van der Waals surface area contributed by atoms with Crippen molar-refractivity contribution in [2.24, 2.45) is 0 Å². The second kappa shape index (κ2) is 9.05. The molecule has 0 N–H and O–H groups in total. The maximum absolute atomic E-state index is 12.7. The van der Waals surface area contributed by atoms with Crippen LogP contribution in [0, 0.1) is 6.92 Å². The van der Waals surface area contributed by atoms with Gasteiger partial charge in [0, 0.05) is 37.1 Å². The number of rotatable bonds is 6. The van der Waals surface area contributed by atoms with Crippen LogP contribution >= 0.6 is 11.3 Å². The molecule has 3 aromatic heterocycles. The standard InChI is InChI=1S/C23H23N5O3S/c1-16-5-2-3-6-18(16)22-25-20(31-26-22)14-27-8-10-28(11-9-27)21(29)13-17-15-32-23(24-17)19-7-4-12-30-19/h2-7,12,15H,8-11,13-14H2,1H3. The molecule has 0 radical (unpaired) electrons. The van der Waals surface area contributed by atoms with Crippen LogP contribution < -0.4 is 0 Å². The van der Waals surface area contributed by atoms with Crippen LogP contribution in [0.15, 0.2) is 57.0 Å². The molecule has 32 heavy (non-hydrogen) atoms. The number of nitrogens with zero attached hydrogens (tertiary/aromatic N) is 5. The first-order chi connectivity index (χ1) is 15.7. The summed E-state index contributed by atoms with van der Waals surface area (Å²) in [5, 5.41) is 6.86. The van der Waals surface area contributed by atoms with Crippen molar-refractivity contribution in [3.8, 4) is 22.2 Å². The van der Waals surface area contributed by atoms with Gasteiger partial charge in [-0.25, -0.2) is 4.98 Å². The molecular weight excluding hydrogens is 426 g/mol. The number of amides is 1. The largest absolute Gasteiger partial charge is 0.462 e. The van der Waals surface area contributed by atoms with E-state index in [-0.39, 0.29) is 5.91 Å². The van der Waals surface area contributed by atoms with Crippen molar-refractivity contribution in [2.45, 2.75) is 19.9 Å². The fourth-order valence-corrected chi connectivity index (χ4v) is 4.55. The van der Waals surface area contributed by atoms with Crippen molar-refractivity contribution in [1.82, 2.24) is 24.9 Å². The molecule has 1 aliphatic rings. The molecule has 0 atom stereocenters. The predicted octanol–water partition coefficient (Wildman–Crippen LogP) is 3.65. The summed E-state index contributed by atoms with van der Waals surface area (Å²) in [6, 6.07) is 11.7. The number of furan rings is 1. The molecule has 9 heteroatoms. The van der Waals surface area contributed by atoms with Crippen molar-refractivity contribution in [3.63, 3.8) is 0 Å². The minimum atomic E-state index is 0.0978. The van der Waals surface area contributed by atoms with E-state index in [0.29, 0.717) is 37.8 Å². The summed E-state index contributed by atoms with van der Waals surface area (Å²) in [4.78, 5) is 25.9. The summed E-state index contributed by atoms with van der Waals surface area (Å²) in [5.41, 5.74) is 2.88. The van der Waals surface area contributed by atoms with Crippen molar-refractivity contribution in [1.29, 1.82) is 0 Å². The van der Waals surface area contributed by atoms with E-state index in [1.165, 1.54) is 11.3 Å². The monoisotopic (exact) mass is 449 g/mol. The average Bonchev–Trinajstić information content (AvgIpc) is 3.57. The molecule has 1 aromatic carbocycles. The molecule has 1 aliphatic heterocycles. The number of carbonyl (C=O) groups is 1. The van der Waals surface area contributed by atoms with Crippen LogP contribution in [0.1, 0.15) is 17.1 Å². The SMILES string of the molecule is Cc1ccccc1-c1noc(CN2CCN(C(=O)Cc3csc(-c4ccco4)n3)CC2)n1. The van der Waals surface area contributed by atoms with Gasteiger partial charge in [0.05, 0.1) is 24.9 Å². The van der Waals surface area contributed by atoms with Gasteiger partial charge >= 0.3 is 0 Å². The number of hydrogen-bond donors (Lipinski definition) is 0. The predicted molar refractivity (Wildman–Crippen MR) is 120 cm³/mol. The molecule has 0 aliphatic carbocycles. The molecule has 4 heterocycles. The minimum Gasteiger partial charge on any atom is -0.462 e. The molecule has 0 unspecified atom stereocenters. The van der Waals surface area contributed by atoms with Gasteiger partial charge in [-0.15, -0.1) is 11.3 Å². The maximum atomic E-state index is 12.7. The van der Waals surface area contributed by atoms with E-state index < -0.39 is 0 Å². The molecule has 164 valence electrons. The van der Waals surface area contributed by atoms with Gasteiger partial charge in [0.25, 0.3) is 0 Å². The Labute approximate surface area is 189 Å². The zero-order valence-electron chi connectivity index (χ0n) is 17.7. The summed E-state index contributed by atoms with van der Waals surface area (Å²) in [7, 11) is 0. The average molecular weight is 450 g/mol. The smallest absolute Gasteiger partial charge is 0.241 e. The van der Waals surface area contributed by atoms with Gasteiger partial charge in [-0.05, 0) is 24.6 Å². The number of piperazine rings is 1. The Bertz CT molecular complexity index is 1190. The minimum absolute atomic E-state index is 0.0978. The number of aromatic nitrogens is 3. The molecule has 1 fully saturated rings. The number of benzene rings is 1. The maximum Gasteiger partial charge on any atom is 0.241 e. The zero-order valence-corrected chi connectivity index (χ0v) is 18.5. The lowest BCUT2D eigenvalue weighted by Crippen LogP contribution is -2.48. The lowest BCUT2D eigenvalue weighted by atomic mass is 10.1. The third kappa shape index (κ3) is 4.49. The Morgan fingerprint density at radius 1 is 1.09 bits per heavy atom. The first-order valence-corrected chi connectivity index (χ1v) is 11.4. The van der Waals surface area contributed by atoms with Gasteiger partial charge in [-0.2, -0.15) is 4.98 Å². The lowest BCUT2D eigenvalue weighted by Gasteiger charge is -2.33. The second-order valence-electron chi connectivity index (χ2n) is 7.78. The Morgan fingerprint density at radius 3 is 2.72 bits per heavy atom. The van der Waals surface area contributed by atoms with Gasteiger partial charge in [-0.1, -0.05) is 29.4 Å². The molecule has 8 nitrogen and oxygen atoms in total. The van der Waals surface area contributed by atoms with E-state index >= 15 is 0 Å². The molecule has 1 saturated heterocycles. The van der Waals surface area contributed by atoms with Crippen LogP contribution in [0.2, 0.25) is 0 Å². The fourth-order valence-electron chi connectivity index (χ4n) is 3.77. The highest BCUT2D eigenvalue weighted by molar-refractivity contribution is 7.13. The Kier molecular flexibility index (Phi) is 5.83. The van der Waals surface area contributed by atoms with E-state index in [1.54, 1.807) is 6.26 Å².